The minimum Gasteiger partial charge on any atom is -0.504 e. The van der Waals surface area contributed by atoms with E-state index >= 15 is 0 Å². The number of aromatic hydroxyl groups is 1. The molecule has 9 nitrogen and oxygen atoms in total. The van der Waals surface area contributed by atoms with Crippen molar-refractivity contribution in [2.24, 2.45) is 26.1 Å². The fraction of sp³-hybridized carbons (Fsp3) is 0. The van der Waals surface area contributed by atoms with E-state index in [0.717, 1.165) is 0 Å². The van der Waals surface area contributed by atoms with Crippen LogP contribution in [0.5, 0.6) is 5.75 Å². The molecule has 22 heavy (non-hydrogen) atoms. The first-order valence-electron chi connectivity index (χ1n) is 5.90. The summed E-state index contributed by atoms with van der Waals surface area (Å²) < 4.78 is 26.6. The predicted molar refractivity (Wildman–Crippen MR) is 79.5 cm³/mol. The highest BCUT2D eigenvalue weighted by Gasteiger charge is 2.12. The molecular formula is C12H12N6O3S. The molecule has 2 aromatic rings. The standard InChI is InChI=1S/C12H12N6O3S/c13-12(14)18-22(20,21)9-5-3-8(4-6-9)16-17-11-10(19)2-1-7-15-11/h1-7,19H,(H4,13,14,18). The van der Waals surface area contributed by atoms with Crippen LogP contribution in [0.2, 0.25) is 0 Å². The van der Waals surface area contributed by atoms with E-state index in [-0.39, 0.29) is 16.5 Å². The van der Waals surface area contributed by atoms with Crippen molar-refractivity contribution in [1.82, 2.24) is 4.98 Å². The SMILES string of the molecule is NC(N)=NS(=O)(=O)c1ccc(N=Nc2ncccc2O)cc1. The number of guanidine groups is 1. The molecule has 0 radical (unpaired) electrons. The zero-order valence-electron chi connectivity index (χ0n) is 11.2. The Balaban J connectivity index is 2.23. The Bertz CT molecular complexity index is 826. The highest BCUT2D eigenvalue weighted by atomic mass is 32.2. The molecule has 0 aliphatic heterocycles. The van der Waals surface area contributed by atoms with Crippen molar-refractivity contribution >= 4 is 27.5 Å². The summed E-state index contributed by atoms with van der Waals surface area (Å²) in [6.07, 6.45) is 1.46. The number of nitrogens with two attached hydrogens (primary N) is 2. The summed E-state index contributed by atoms with van der Waals surface area (Å²) in [5, 5.41) is 17.1. The van der Waals surface area contributed by atoms with Crippen molar-refractivity contribution in [3.8, 4) is 5.75 Å². The molecule has 0 aliphatic carbocycles. The zero-order valence-corrected chi connectivity index (χ0v) is 12.0. The van der Waals surface area contributed by atoms with Gasteiger partial charge < -0.3 is 16.6 Å². The van der Waals surface area contributed by atoms with Gasteiger partial charge in [-0.05, 0) is 36.4 Å². The fourth-order valence-electron chi connectivity index (χ4n) is 1.45. The van der Waals surface area contributed by atoms with Crippen LogP contribution in [0.15, 0.2) is 62.1 Å². The van der Waals surface area contributed by atoms with E-state index in [9.17, 15) is 13.5 Å². The van der Waals surface area contributed by atoms with Gasteiger partial charge in [-0.25, -0.2) is 4.98 Å². The molecule has 0 fully saturated rings. The Morgan fingerprint density at radius 3 is 2.36 bits per heavy atom. The van der Waals surface area contributed by atoms with Crippen LogP contribution in [0, 0.1) is 0 Å². The first-order chi connectivity index (χ1) is 10.4. The maximum absolute atomic E-state index is 11.7. The van der Waals surface area contributed by atoms with Crippen LogP contribution in [0.1, 0.15) is 0 Å². The number of hydrogen-bond acceptors (Lipinski definition) is 6. The average Bonchev–Trinajstić information content (AvgIpc) is 2.45. The third kappa shape index (κ3) is 3.76. The maximum Gasteiger partial charge on any atom is 0.285 e. The summed E-state index contributed by atoms with van der Waals surface area (Å²) in [5.74, 6) is -0.604. The van der Waals surface area contributed by atoms with E-state index in [2.05, 4.69) is 19.6 Å². The van der Waals surface area contributed by atoms with Gasteiger partial charge in [0.2, 0.25) is 11.8 Å². The van der Waals surface area contributed by atoms with Gasteiger partial charge in [-0.15, -0.1) is 14.6 Å². The molecule has 10 heteroatoms. The van der Waals surface area contributed by atoms with Gasteiger partial charge in [-0.3, -0.25) is 0 Å². The predicted octanol–water partition coefficient (Wildman–Crippen LogP) is 1.16. The van der Waals surface area contributed by atoms with Crippen molar-refractivity contribution in [2.75, 3.05) is 0 Å². The monoisotopic (exact) mass is 320 g/mol. The molecule has 114 valence electrons. The van der Waals surface area contributed by atoms with E-state index < -0.39 is 16.0 Å². The van der Waals surface area contributed by atoms with Crippen LogP contribution in [-0.4, -0.2) is 24.5 Å². The smallest absolute Gasteiger partial charge is 0.285 e. The minimum atomic E-state index is -3.94. The third-order valence-electron chi connectivity index (χ3n) is 2.39. The van der Waals surface area contributed by atoms with Gasteiger partial charge in [-0.2, -0.15) is 8.42 Å². The second-order valence-corrected chi connectivity index (χ2v) is 5.64. The number of nitrogens with zero attached hydrogens (tertiary/aromatic N) is 4. The number of pyridine rings is 1. The Kier molecular flexibility index (Phi) is 4.32. The minimum absolute atomic E-state index is 0.0553. The van der Waals surface area contributed by atoms with Crippen LogP contribution in [0.4, 0.5) is 11.5 Å². The molecule has 1 aromatic heterocycles. The summed E-state index contributed by atoms with van der Waals surface area (Å²) in [7, 11) is -3.94. The van der Waals surface area contributed by atoms with Gasteiger partial charge >= 0.3 is 0 Å². The molecule has 2 rings (SSSR count). The van der Waals surface area contributed by atoms with Gasteiger partial charge in [0.25, 0.3) is 10.0 Å². The van der Waals surface area contributed by atoms with E-state index in [0.29, 0.717) is 5.69 Å². The lowest BCUT2D eigenvalue weighted by Crippen LogP contribution is -2.24. The highest BCUT2D eigenvalue weighted by Crippen LogP contribution is 2.25. The topological polar surface area (TPSA) is 156 Å². The molecule has 5 N–H and O–H groups in total. The van der Waals surface area contributed by atoms with Crippen LogP contribution in [0.25, 0.3) is 0 Å². The highest BCUT2D eigenvalue weighted by molar-refractivity contribution is 7.90. The molecule has 0 spiro atoms. The van der Waals surface area contributed by atoms with E-state index in [4.69, 9.17) is 11.5 Å². The van der Waals surface area contributed by atoms with E-state index in [1.807, 2.05) is 0 Å². The third-order valence-corrected chi connectivity index (χ3v) is 3.71. The maximum atomic E-state index is 11.7. The second-order valence-electron chi connectivity index (χ2n) is 4.03. The second kappa shape index (κ2) is 6.18. The number of rotatable bonds is 4. The first kappa shape index (κ1) is 15.4. The fourth-order valence-corrected chi connectivity index (χ4v) is 2.31. The number of aromatic nitrogens is 1. The van der Waals surface area contributed by atoms with Crippen molar-refractivity contribution in [3.63, 3.8) is 0 Å². The zero-order chi connectivity index (χ0) is 16.2. The molecule has 0 saturated heterocycles. The summed E-state index contributed by atoms with van der Waals surface area (Å²) in [4.78, 5) is 3.75. The molecule has 0 atom stereocenters. The quantitative estimate of drug-likeness (QED) is 0.436. The summed E-state index contributed by atoms with van der Waals surface area (Å²) >= 11 is 0. The lowest BCUT2D eigenvalue weighted by atomic mass is 10.3. The Hall–Kier alpha value is -3.01. The molecular weight excluding hydrogens is 308 g/mol. The van der Waals surface area contributed by atoms with Gasteiger partial charge in [0.05, 0.1) is 10.6 Å². The Morgan fingerprint density at radius 1 is 1.09 bits per heavy atom. The number of sulfonamides is 1. The number of hydrogen-bond donors (Lipinski definition) is 3. The van der Waals surface area contributed by atoms with Crippen LogP contribution < -0.4 is 11.5 Å². The lowest BCUT2D eigenvalue weighted by molar-refractivity contribution is 0.474. The number of azo groups is 1. The van der Waals surface area contributed by atoms with Gasteiger partial charge in [0, 0.05) is 6.20 Å². The summed E-state index contributed by atoms with van der Waals surface area (Å²) in [6, 6.07) is 8.38. The van der Waals surface area contributed by atoms with Crippen molar-refractivity contribution < 1.29 is 13.5 Å². The van der Waals surface area contributed by atoms with E-state index in [1.165, 1.54) is 36.5 Å². The molecule has 0 bridgehead atoms. The number of benzene rings is 1. The van der Waals surface area contributed by atoms with Crippen molar-refractivity contribution in [3.05, 3.63) is 42.6 Å². The Morgan fingerprint density at radius 2 is 1.77 bits per heavy atom. The largest absolute Gasteiger partial charge is 0.504 e. The van der Waals surface area contributed by atoms with Gasteiger partial charge in [0.15, 0.2) is 5.75 Å². The Labute approximate surface area is 126 Å². The molecule has 0 aliphatic rings. The molecule has 0 saturated carbocycles. The molecule has 1 heterocycles. The molecule has 0 unspecified atom stereocenters. The molecule has 1 aromatic carbocycles. The van der Waals surface area contributed by atoms with Crippen molar-refractivity contribution in [2.45, 2.75) is 4.90 Å². The van der Waals surface area contributed by atoms with Crippen molar-refractivity contribution in [1.29, 1.82) is 0 Å². The van der Waals surface area contributed by atoms with Crippen LogP contribution in [0.3, 0.4) is 0 Å². The first-order valence-corrected chi connectivity index (χ1v) is 7.34. The molecule has 0 amide bonds. The van der Waals surface area contributed by atoms with Crippen LogP contribution in [-0.2, 0) is 10.0 Å². The van der Waals surface area contributed by atoms with Gasteiger partial charge in [0.1, 0.15) is 0 Å². The van der Waals surface area contributed by atoms with Gasteiger partial charge in [-0.1, -0.05) is 0 Å². The average molecular weight is 320 g/mol. The normalized spacial score (nSPS) is 11.5. The van der Waals surface area contributed by atoms with Crippen LogP contribution >= 0.6 is 0 Å². The summed E-state index contributed by atoms with van der Waals surface area (Å²) in [5.41, 5.74) is 10.5. The summed E-state index contributed by atoms with van der Waals surface area (Å²) in [6.45, 7) is 0. The lowest BCUT2D eigenvalue weighted by Gasteiger charge is -1.99. The van der Waals surface area contributed by atoms with E-state index in [1.54, 1.807) is 6.07 Å².